The van der Waals surface area contributed by atoms with Crippen molar-refractivity contribution in [3.63, 3.8) is 0 Å². The van der Waals surface area contributed by atoms with Crippen molar-refractivity contribution >= 4 is 31.9 Å². The lowest BCUT2D eigenvalue weighted by atomic mass is 9.97. The second kappa shape index (κ2) is 15.1. The molecule has 0 bridgehead atoms. The van der Waals surface area contributed by atoms with Crippen molar-refractivity contribution in [2.45, 2.75) is 96.6 Å². The molecular weight excluding hydrogens is 444 g/mol. The summed E-state index contributed by atoms with van der Waals surface area (Å²) in [6.07, 6.45) is 1.59. The topological polar surface area (TPSA) is 134 Å². The maximum atomic E-state index is 13.0. The Hall–Kier alpha value is -1.94. The minimum atomic E-state index is -1.37. The van der Waals surface area contributed by atoms with Crippen molar-refractivity contribution in [1.82, 2.24) is 5.32 Å². The minimum Gasteiger partial charge on any atom is -0.467 e. The first-order chi connectivity index (χ1) is 15.2. The van der Waals surface area contributed by atoms with E-state index < -0.39 is 49.4 Å². The van der Waals surface area contributed by atoms with Crippen LogP contribution in [0.3, 0.4) is 0 Å². The average Bonchev–Trinajstić information content (AvgIpc) is 2.67. The number of nitrogens with two attached hydrogens (primary N) is 1. The van der Waals surface area contributed by atoms with Crippen molar-refractivity contribution < 1.29 is 33.4 Å². The Balaban J connectivity index is 5.21. The maximum Gasteiger partial charge on any atom is 0.328 e. The number of methoxy groups -OCH3 is 1. The summed E-state index contributed by atoms with van der Waals surface area (Å²) < 4.78 is 15.4. The Morgan fingerprint density at radius 3 is 2.15 bits per heavy atom. The van der Waals surface area contributed by atoms with Gasteiger partial charge in [-0.2, -0.15) is 0 Å². The molecule has 0 aliphatic rings. The maximum absolute atomic E-state index is 13.0. The third-order valence-corrected chi connectivity index (χ3v) is 6.47. The molecule has 33 heavy (non-hydrogen) atoms. The molecule has 10 heteroatoms. The van der Waals surface area contributed by atoms with E-state index >= 15 is 0 Å². The molecule has 192 valence electrons. The van der Waals surface area contributed by atoms with Gasteiger partial charge in [0.05, 0.1) is 20.1 Å². The molecule has 0 heterocycles. The van der Waals surface area contributed by atoms with Gasteiger partial charge in [-0.1, -0.05) is 19.6 Å². The first-order valence-corrected chi connectivity index (χ1v) is 15.3. The number of rotatable bonds is 15. The van der Waals surface area contributed by atoms with Gasteiger partial charge in [-0.3, -0.25) is 14.4 Å². The van der Waals surface area contributed by atoms with E-state index in [1.807, 2.05) is 0 Å². The number of ether oxygens (including phenoxy) is 3. The smallest absolute Gasteiger partial charge is 0.328 e. The van der Waals surface area contributed by atoms with Gasteiger partial charge in [-0.15, -0.1) is 0 Å². The molecular formula is C23H44N2O7Si. The molecule has 0 fully saturated rings. The van der Waals surface area contributed by atoms with E-state index in [1.54, 1.807) is 20.8 Å². The molecule has 0 radical (unpaired) electrons. The van der Waals surface area contributed by atoms with Gasteiger partial charge in [0.25, 0.3) is 0 Å². The number of carbonyl (C=O) groups excluding carboxylic acids is 4. The zero-order valence-corrected chi connectivity index (χ0v) is 22.5. The molecule has 1 amide bonds. The highest BCUT2D eigenvalue weighted by molar-refractivity contribution is 6.76. The van der Waals surface area contributed by atoms with E-state index in [-0.39, 0.29) is 19.3 Å². The molecule has 0 spiro atoms. The monoisotopic (exact) mass is 488 g/mol. The summed E-state index contributed by atoms with van der Waals surface area (Å²) in [4.78, 5) is 49.6. The van der Waals surface area contributed by atoms with Crippen LogP contribution in [0.25, 0.3) is 0 Å². The molecule has 2 atom stereocenters. The van der Waals surface area contributed by atoms with Crippen LogP contribution in [0.4, 0.5) is 0 Å². The zero-order chi connectivity index (χ0) is 25.7. The first-order valence-electron chi connectivity index (χ1n) is 11.6. The van der Waals surface area contributed by atoms with E-state index in [9.17, 15) is 19.2 Å². The van der Waals surface area contributed by atoms with E-state index in [0.717, 1.165) is 6.04 Å². The number of carbonyl (C=O) groups is 4. The lowest BCUT2D eigenvalue weighted by molar-refractivity contribution is -0.156. The standard InChI is InChI=1S/C23H44N2O7Si/c1-23(2,3)32-19(26)12-11-17(16-20(27)31-14-15-33(5,6)7)21(28)25-18(22(29)30-4)10-8-9-13-24/h17-18H,8-16,24H2,1-7H3,(H,25,28)/t17?,18-/m0/s1. The average molecular weight is 489 g/mol. The molecule has 3 N–H and O–H groups in total. The Labute approximate surface area is 199 Å². The highest BCUT2D eigenvalue weighted by Gasteiger charge is 2.29. The van der Waals surface area contributed by atoms with Gasteiger partial charge in [0, 0.05) is 20.4 Å². The van der Waals surface area contributed by atoms with Crippen LogP contribution in [0.2, 0.25) is 25.7 Å². The number of hydrogen-bond donors (Lipinski definition) is 2. The summed E-state index contributed by atoms with van der Waals surface area (Å²) in [5.41, 5.74) is 4.86. The van der Waals surface area contributed by atoms with Gasteiger partial charge in [-0.05, 0) is 59.0 Å². The van der Waals surface area contributed by atoms with E-state index in [4.69, 9.17) is 19.9 Å². The Morgan fingerprint density at radius 2 is 1.64 bits per heavy atom. The number of hydrogen-bond acceptors (Lipinski definition) is 8. The molecule has 0 aliphatic heterocycles. The van der Waals surface area contributed by atoms with Crippen molar-refractivity contribution in [2.24, 2.45) is 11.7 Å². The number of nitrogens with one attached hydrogen (secondary N) is 1. The fourth-order valence-corrected chi connectivity index (χ4v) is 3.63. The predicted molar refractivity (Wildman–Crippen MR) is 129 cm³/mol. The van der Waals surface area contributed by atoms with Gasteiger partial charge in [0.15, 0.2) is 0 Å². The second-order valence-corrected chi connectivity index (χ2v) is 16.0. The largest absolute Gasteiger partial charge is 0.467 e. The number of amides is 1. The SMILES string of the molecule is COC(=O)[C@H](CCCCN)NC(=O)C(CCC(=O)OC(C)(C)C)CC(=O)OCC[Si](C)(C)C. The van der Waals surface area contributed by atoms with Crippen LogP contribution < -0.4 is 11.1 Å². The molecule has 0 saturated carbocycles. The Bertz CT molecular complexity index is 642. The van der Waals surface area contributed by atoms with Crippen LogP contribution in [-0.2, 0) is 33.4 Å². The molecule has 0 saturated heterocycles. The van der Waals surface area contributed by atoms with Crippen LogP contribution >= 0.6 is 0 Å². The van der Waals surface area contributed by atoms with Gasteiger partial charge in [0.1, 0.15) is 11.6 Å². The van der Waals surface area contributed by atoms with Gasteiger partial charge >= 0.3 is 17.9 Å². The molecule has 9 nitrogen and oxygen atoms in total. The van der Waals surface area contributed by atoms with Crippen LogP contribution in [-0.4, -0.2) is 63.8 Å². The molecule has 1 unspecified atom stereocenters. The fourth-order valence-electron chi connectivity index (χ4n) is 2.92. The predicted octanol–water partition coefficient (Wildman–Crippen LogP) is 2.78. The second-order valence-electron chi connectivity index (χ2n) is 10.4. The molecule has 0 aromatic heterocycles. The lowest BCUT2D eigenvalue weighted by Crippen LogP contribution is -2.45. The van der Waals surface area contributed by atoms with Crippen molar-refractivity contribution in [1.29, 1.82) is 0 Å². The summed E-state index contributed by atoms with van der Waals surface area (Å²) in [6.45, 7) is 12.6. The lowest BCUT2D eigenvalue weighted by Gasteiger charge is -2.23. The van der Waals surface area contributed by atoms with Gasteiger partial charge < -0.3 is 25.3 Å². The third-order valence-electron chi connectivity index (χ3n) is 4.77. The van der Waals surface area contributed by atoms with Crippen LogP contribution in [0.15, 0.2) is 0 Å². The summed E-state index contributed by atoms with van der Waals surface area (Å²) in [5.74, 6) is -2.86. The van der Waals surface area contributed by atoms with Crippen LogP contribution in [0.1, 0.15) is 59.3 Å². The number of esters is 3. The van der Waals surface area contributed by atoms with E-state index in [0.29, 0.717) is 32.4 Å². The number of unbranched alkanes of at least 4 members (excludes halogenated alkanes) is 1. The van der Waals surface area contributed by atoms with E-state index in [1.165, 1.54) is 7.11 Å². The summed E-state index contributed by atoms with van der Waals surface area (Å²) in [6, 6.07) is -0.0278. The Kier molecular flexibility index (Phi) is 14.2. The quantitative estimate of drug-likeness (QED) is 0.155. The molecule has 0 rings (SSSR count). The highest BCUT2D eigenvalue weighted by Crippen LogP contribution is 2.18. The van der Waals surface area contributed by atoms with E-state index in [2.05, 4.69) is 25.0 Å². The van der Waals surface area contributed by atoms with Gasteiger partial charge in [-0.25, -0.2) is 4.79 Å². The summed E-state index contributed by atoms with van der Waals surface area (Å²) in [7, 11) is -0.121. The Morgan fingerprint density at radius 1 is 1.00 bits per heavy atom. The fraction of sp³-hybridized carbons (Fsp3) is 0.826. The van der Waals surface area contributed by atoms with Gasteiger partial charge in [0.2, 0.25) is 5.91 Å². The molecule has 0 aliphatic carbocycles. The normalized spacial score (nSPS) is 13.6. The van der Waals surface area contributed by atoms with Crippen molar-refractivity contribution in [2.75, 3.05) is 20.3 Å². The third kappa shape index (κ3) is 16.3. The van der Waals surface area contributed by atoms with Crippen LogP contribution in [0.5, 0.6) is 0 Å². The van der Waals surface area contributed by atoms with Crippen molar-refractivity contribution in [3.05, 3.63) is 0 Å². The molecule has 0 aromatic rings. The zero-order valence-electron chi connectivity index (χ0n) is 21.5. The van der Waals surface area contributed by atoms with Crippen LogP contribution in [0, 0.1) is 5.92 Å². The summed E-state index contributed by atoms with van der Waals surface area (Å²) >= 11 is 0. The van der Waals surface area contributed by atoms with Crippen molar-refractivity contribution in [3.8, 4) is 0 Å². The first kappa shape index (κ1) is 31.1. The summed E-state index contributed by atoms with van der Waals surface area (Å²) in [5, 5.41) is 2.68. The highest BCUT2D eigenvalue weighted by atomic mass is 28.3. The minimum absolute atomic E-state index is 0.0341. The molecule has 0 aromatic carbocycles.